The van der Waals surface area contributed by atoms with E-state index in [0.29, 0.717) is 6.54 Å². The number of hydrogen-bond donors (Lipinski definition) is 0. The molecule has 0 amide bonds. The minimum absolute atomic E-state index is 0.259. The first kappa shape index (κ1) is 15.6. The molecule has 0 bridgehead atoms. The molecule has 25 heavy (non-hydrogen) atoms. The number of benzene rings is 2. The van der Waals surface area contributed by atoms with Crippen molar-refractivity contribution >= 4 is 5.71 Å². The van der Waals surface area contributed by atoms with Crippen molar-refractivity contribution in [3.8, 4) is 11.4 Å². The Hall–Kier alpha value is -2.88. The summed E-state index contributed by atoms with van der Waals surface area (Å²) in [6.45, 7) is 4.74. The van der Waals surface area contributed by atoms with Gasteiger partial charge < -0.3 is 9.30 Å². The number of aryl methyl sites for hydroxylation is 1. The van der Waals surface area contributed by atoms with Crippen molar-refractivity contribution in [1.82, 2.24) is 4.57 Å². The fourth-order valence-electron chi connectivity index (χ4n) is 3.40. The second-order valence-electron chi connectivity index (χ2n) is 6.29. The molecule has 3 nitrogen and oxygen atoms in total. The van der Waals surface area contributed by atoms with Crippen molar-refractivity contribution in [2.24, 2.45) is 4.99 Å². The maximum atomic E-state index is 14.0. The number of hydrogen-bond acceptors (Lipinski definition) is 2. The highest BCUT2D eigenvalue weighted by Crippen LogP contribution is 2.30. The van der Waals surface area contributed by atoms with E-state index in [1.165, 1.54) is 11.6 Å². The van der Waals surface area contributed by atoms with Gasteiger partial charge in [-0.15, -0.1) is 0 Å². The third kappa shape index (κ3) is 2.54. The fraction of sp³-hybridized carbons (Fsp3) is 0.190. The number of nitrogens with zero attached hydrogens (tertiary/aromatic N) is 2. The summed E-state index contributed by atoms with van der Waals surface area (Å²) in [7, 11) is 1.64. The van der Waals surface area contributed by atoms with Gasteiger partial charge in [0, 0.05) is 22.5 Å². The molecule has 0 aliphatic carbocycles. The highest BCUT2D eigenvalue weighted by molar-refractivity contribution is 6.15. The van der Waals surface area contributed by atoms with Crippen molar-refractivity contribution in [1.29, 1.82) is 0 Å². The Morgan fingerprint density at radius 3 is 2.52 bits per heavy atom. The lowest BCUT2D eigenvalue weighted by atomic mass is 10.00. The van der Waals surface area contributed by atoms with E-state index in [-0.39, 0.29) is 5.82 Å². The van der Waals surface area contributed by atoms with Crippen LogP contribution in [0.1, 0.15) is 28.1 Å². The Kier molecular flexibility index (Phi) is 3.68. The molecule has 126 valence electrons. The number of halogens is 1. The summed E-state index contributed by atoms with van der Waals surface area (Å²) >= 11 is 0. The van der Waals surface area contributed by atoms with E-state index in [2.05, 4.69) is 24.5 Å². The second kappa shape index (κ2) is 5.88. The zero-order valence-corrected chi connectivity index (χ0v) is 14.5. The van der Waals surface area contributed by atoms with Gasteiger partial charge >= 0.3 is 0 Å². The number of fused-ring (bicyclic) bond motifs is 3. The Balaban J connectivity index is 1.94. The van der Waals surface area contributed by atoms with Crippen molar-refractivity contribution in [3.05, 3.63) is 82.4 Å². The maximum Gasteiger partial charge on any atom is 0.124 e. The van der Waals surface area contributed by atoms with E-state index in [9.17, 15) is 4.39 Å². The lowest BCUT2D eigenvalue weighted by Gasteiger charge is -2.14. The molecule has 3 aromatic rings. The predicted octanol–water partition coefficient (Wildman–Crippen LogP) is 4.59. The normalized spacial score (nSPS) is 12.9. The van der Waals surface area contributed by atoms with Crippen molar-refractivity contribution in [2.45, 2.75) is 20.4 Å². The summed E-state index contributed by atoms with van der Waals surface area (Å²) in [5, 5.41) is 0. The van der Waals surface area contributed by atoms with Crippen molar-refractivity contribution in [2.75, 3.05) is 7.11 Å². The number of ether oxygens (including phenoxy) is 1. The fourth-order valence-corrected chi connectivity index (χ4v) is 3.40. The predicted molar refractivity (Wildman–Crippen MR) is 97.5 cm³/mol. The molecule has 1 aliphatic rings. The van der Waals surface area contributed by atoms with Gasteiger partial charge in [0.15, 0.2) is 0 Å². The third-order valence-electron chi connectivity index (χ3n) is 4.79. The van der Waals surface area contributed by atoms with Gasteiger partial charge in [-0.25, -0.2) is 4.39 Å². The van der Waals surface area contributed by atoms with Gasteiger partial charge in [-0.2, -0.15) is 0 Å². The first-order valence-corrected chi connectivity index (χ1v) is 8.25. The van der Waals surface area contributed by atoms with Crippen LogP contribution in [0.15, 0.2) is 53.5 Å². The summed E-state index contributed by atoms with van der Waals surface area (Å²) in [6.07, 6.45) is 0. The largest absolute Gasteiger partial charge is 0.497 e. The van der Waals surface area contributed by atoms with Gasteiger partial charge in [-0.05, 0) is 67.9 Å². The molecule has 0 saturated heterocycles. The minimum Gasteiger partial charge on any atom is -0.497 e. The zero-order chi connectivity index (χ0) is 17.6. The van der Waals surface area contributed by atoms with Crippen molar-refractivity contribution < 1.29 is 9.13 Å². The van der Waals surface area contributed by atoms with Crippen molar-refractivity contribution in [3.63, 3.8) is 0 Å². The van der Waals surface area contributed by atoms with Crippen LogP contribution in [-0.4, -0.2) is 17.4 Å². The molecular weight excluding hydrogens is 315 g/mol. The highest BCUT2D eigenvalue weighted by Gasteiger charge is 2.21. The molecule has 4 rings (SSSR count). The van der Waals surface area contributed by atoms with Gasteiger partial charge in [0.1, 0.15) is 11.6 Å². The van der Waals surface area contributed by atoms with E-state index >= 15 is 0 Å². The number of aromatic nitrogens is 1. The molecule has 1 aliphatic heterocycles. The summed E-state index contributed by atoms with van der Waals surface area (Å²) < 4.78 is 21.5. The zero-order valence-electron chi connectivity index (χ0n) is 14.5. The van der Waals surface area contributed by atoms with Crippen LogP contribution >= 0.6 is 0 Å². The molecule has 2 aromatic carbocycles. The summed E-state index contributed by atoms with van der Waals surface area (Å²) in [4.78, 5) is 4.82. The molecule has 0 spiro atoms. The summed E-state index contributed by atoms with van der Waals surface area (Å²) in [5.74, 6) is 0.528. The SMILES string of the molecule is COc1ccc(C2=NCc3cc(C)c(C)n3-c3ccc(F)cc32)cc1. The van der Waals surface area contributed by atoms with Gasteiger partial charge in [0.05, 0.1) is 25.1 Å². The topological polar surface area (TPSA) is 26.5 Å². The molecule has 0 fully saturated rings. The molecule has 0 atom stereocenters. The Labute approximate surface area is 146 Å². The average molecular weight is 334 g/mol. The molecular formula is C21H19FN2O. The highest BCUT2D eigenvalue weighted by atomic mass is 19.1. The minimum atomic E-state index is -0.259. The van der Waals surface area contributed by atoms with Crippen LogP contribution in [0.2, 0.25) is 0 Å². The molecule has 1 aromatic heterocycles. The van der Waals surface area contributed by atoms with Crippen LogP contribution in [0, 0.1) is 19.7 Å². The molecule has 2 heterocycles. The van der Waals surface area contributed by atoms with Gasteiger partial charge in [0.25, 0.3) is 0 Å². The Bertz CT molecular complexity index is 984. The molecule has 0 radical (unpaired) electrons. The molecule has 0 saturated carbocycles. The number of rotatable bonds is 2. The van der Waals surface area contributed by atoms with Gasteiger partial charge in [-0.1, -0.05) is 0 Å². The number of methoxy groups -OCH3 is 1. The molecule has 0 unspecified atom stereocenters. The molecule has 4 heteroatoms. The van der Waals surface area contributed by atoms with E-state index < -0.39 is 0 Å². The van der Waals surface area contributed by atoms with Crippen LogP contribution in [0.4, 0.5) is 4.39 Å². The second-order valence-corrected chi connectivity index (χ2v) is 6.29. The lowest BCUT2D eigenvalue weighted by molar-refractivity contribution is 0.415. The van der Waals surface area contributed by atoms with Crippen LogP contribution in [0.5, 0.6) is 5.75 Å². The summed E-state index contributed by atoms with van der Waals surface area (Å²) in [6, 6.07) is 14.8. The van der Waals surface area contributed by atoms with Crippen LogP contribution < -0.4 is 4.74 Å². The van der Waals surface area contributed by atoms with E-state index in [1.807, 2.05) is 30.3 Å². The number of aliphatic imine (C=N–C) groups is 1. The Morgan fingerprint density at radius 1 is 1.04 bits per heavy atom. The van der Waals surface area contributed by atoms with Crippen LogP contribution in [0.3, 0.4) is 0 Å². The van der Waals surface area contributed by atoms with Gasteiger partial charge in [-0.3, -0.25) is 4.99 Å². The van der Waals surface area contributed by atoms with E-state index in [1.54, 1.807) is 13.2 Å². The van der Waals surface area contributed by atoms with E-state index in [4.69, 9.17) is 9.73 Å². The quantitative estimate of drug-likeness (QED) is 0.673. The van der Waals surface area contributed by atoms with Crippen LogP contribution in [0.25, 0.3) is 5.69 Å². The van der Waals surface area contributed by atoms with E-state index in [0.717, 1.165) is 39.7 Å². The standard InChI is InChI=1S/C21H19FN2O/c1-13-10-17-12-23-21(15-4-7-18(25-3)8-5-15)19-11-16(22)6-9-20(19)24(17)14(13)2/h4-11H,12H2,1-3H3. The smallest absolute Gasteiger partial charge is 0.124 e. The Morgan fingerprint density at radius 2 is 1.80 bits per heavy atom. The van der Waals surface area contributed by atoms with Gasteiger partial charge in [0.2, 0.25) is 0 Å². The summed E-state index contributed by atoms with van der Waals surface area (Å²) in [5.41, 5.74) is 7.02. The first-order valence-electron chi connectivity index (χ1n) is 8.25. The first-order chi connectivity index (χ1) is 12.1. The average Bonchev–Trinajstić information content (AvgIpc) is 2.81. The van der Waals surface area contributed by atoms with Crippen LogP contribution in [-0.2, 0) is 6.54 Å². The molecule has 0 N–H and O–H groups in total. The monoisotopic (exact) mass is 334 g/mol. The lowest BCUT2D eigenvalue weighted by Crippen LogP contribution is -2.08. The maximum absolute atomic E-state index is 14.0. The third-order valence-corrected chi connectivity index (χ3v) is 4.79.